The van der Waals surface area contributed by atoms with Gasteiger partial charge in [0.25, 0.3) is 0 Å². The minimum Gasteiger partial charge on any atom is -0.396 e. The van der Waals surface area contributed by atoms with Crippen molar-refractivity contribution in [2.45, 2.75) is 65.5 Å². The van der Waals surface area contributed by atoms with Crippen LogP contribution in [-0.2, 0) is 18.0 Å². The summed E-state index contributed by atoms with van der Waals surface area (Å²) in [6.07, 6.45) is -0.0917. The first-order valence-corrected chi connectivity index (χ1v) is 11.9. The van der Waals surface area contributed by atoms with Gasteiger partial charge in [0.2, 0.25) is 0 Å². The number of aliphatic hydroxyl groups excluding tert-OH is 1. The van der Waals surface area contributed by atoms with Gasteiger partial charge < -0.3 is 14.1 Å². The maximum Gasteiger partial charge on any atom is 0.332 e. The van der Waals surface area contributed by atoms with Crippen LogP contribution in [-0.4, -0.2) is 39.1 Å². The molecule has 2 atom stereocenters. The monoisotopic (exact) mass is 326 g/mol. The van der Waals surface area contributed by atoms with Crippen LogP contribution in [0.15, 0.2) is 0 Å². The Kier molecular flexibility index (Phi) is 8.18. The Morgan fingerprint density at radius 2 is 1.80 bits per heavy atom. The van der Waals surface area contributed by atoms with E-state index in [1.807, 2.05) is 0 Å². The topological polar surface area (TPSA) is 65.0 Å². The largest absolute Gasteiger partial charge is 0.396 e. The Hall–Kier alpha value is 0.287. The summed E-state index contributed by atoms with van der Waals surface area (Å²) in [5.41, 5.74) is 0. The molecule has 0 aromatic heterocycles. The van der Waals surface area contributed by atoms with Gasteiger partial charge in [-0.2, -0.15) is 0 Å². The summed E-state index contributed by atoms with van der Waals surface area (Å²) < 4.78 is 29.3. The van der Waals surface area contributed by atoms with Crippen LogP contribution < -0.4 is 0 Å². The molecule has 1 N–H and O–H groups in total. The first kappa shape index (κ1) is 20.3. The predicted octanol–water partition coefficient (Wildman–Crippen LogP) is 3.98. The lowest BCUT2D eigenvalue weighted by Crippen LogP contribution is -2.44. The predicted molar refractivity (Wildman–Crippen MR) is 84.6 cm³/mol. The first-order valence-electron chi connectivity index (χ1n) is 7.22. The van der Waals surface area contributed by atoms with Gasteiger partial charge in [0.15, 0.2) is 14.6 Å². The van der Waals surface area contributed by atoms with Crippen molar-refractivity contribution in [1.82, 2.24) is 0 Å². The molecule has 0 aliphatic heterocycles. The third-order valence-electron chi connectivity index (χ3n) is 3.59. The van der Waals surface area contributed by atoms with E-state index in [-0.39, 0.29) is 11.6 Å². The molecule has 0 bridgehead atoms. The molecule has 0 saturated carbocycles. The van der Waals surface area contributed by atoms with Crippen LogP contribution in [0.4, 0.5) is 0 Å². The Morgan fingerprint density at radius 3 is 2.15 bits per heavy atom. The molecule has 20 heavy (non-hydrogen) atoms. The quantitative estimate of drug-likeness (QED) is 0.394. The summed E-state index contributed by atoms with van der Waals surface area (Å²) in [6, 6.07) is 0. The maximum atomic E-state index is 12.4. The highest BCUT2D eigenvalue weighted by Crippen LogP contribution is 2.50. The standard InChI is InChI=1S/C13H31O5PSi/c1-8-16-19(15,9-2)17-12(10-11-14)18-20(6,7)13(3,4)5/h12,14H,8-11H2,1-7H3. The summed E-state index contributed by atoms with van der Waals surface area (Å²) in [7, 11) is -5.19. The highest BCUT2D eigenvalue weighted by atomic mass is 31.2. The molecule has 0 rings (SSSR count). The number of rotatable bonds is 9. The van der Waals surface area contributed by atoms with Gasteiger partial charge in [-0.15, -0.1) is 0 Å². The molecule has 0 aliphatic rings. The third kappa shape index (κ3) is 6.37. The van der Waals surface area contributed by atoms with Gasteiger partial charge in [0.1, 0.15) is 0 Å². The molecule has 0 fully saturated rings. The van der Waals surface area contributed by atoms with Crippen LogP contribution in [0.5, 0.6) is 0 Å². The zero-order valence-electron chi connectivity index (χ0n) is 13.9. The summed E-state index contributed by atoms with van der Waals surface area (Å²) >= 11 is 0. The molecule has 7 heteroatoms. The molecular weight excluding hydrogens is 295 g/mol. The van der Waals surface area contributed by atoms with Crippen LogP contribution >= 0.6 is 7.60 Å². The lowest BCUT2D eigenvalue weighted by Gasteiger charge is -2.39. The van der Waals surface area contributed by atoms with Gasteiger partial charge in [-0.05, 0) is 25.1 Å². The zero-order chi connectivity index (χ0) is 16.0. The van der Waals surface area contributed by atoms with Gasteiger partial charge >= 0.3 is 7.60 Å². The minimum atomic E-state index is -3.14. The molecule has 0 heterocycles. The zero-order valence-corrected chi connectivity index (χ0v) is 15.8. The van der Waals surface area contributed by atoms with E-state index in [9.17, 15) is 4.57 Å². The molecule has 0 saturated heterocycles. The number of hydrogen-bond acceptors (Lipinski definition) is 5. The fourth-order valence-corrected chi connectivity index (χ4v) is 3.87. The normalized spacial score (nSPS) is 17.8. The van der Waals surface area contributed by atoms with E-state index >= 15 is 0 Å². The van der Waals surface area contributed by atoms with Gasteiger partial charge in [0, 0.05) is 19.2 Å². The third-order valence-corrected chi connectivity index (χ3v) is 10.0. The summed E-state index contributed by atoms with van der Waals surface area (Å²) in [5, 5.41) is 9.18. The minimum absolute atomic E-state index is 0.0197. The van der Waals surface area contributed by atoms with E-state index < -0.39 is 22.2 Å². The molecule has 0 aromatic rings. The van der Waals surface area contributed by atoms with E-state index in [4.69, 9.17) is 18.6 Å². The van der Waals surface area contributed by atoms with E-state index in [0.29, 0.717) is 19.2 Å². The molecular formula is C13H31O5PSi. The van der Waals surface area contributed by atoms with Crippen LogP contribution in [0.1, 0.15) is 41.0 Å². The lowest BCUT2D eigenvalue weighted by atomic mass is 10.2. The first-order chi connectivity index (χ1) is 9.01. The molecule has 0 amide bonds. The average Bonchev–Trinajstić information content (AvgIpc) is 2.27. The summed E-state index contributed by atoms with van der Waals surface area (Å²) in [6.45, 7) is 14.4. The van der Waals surface area contributed by atoms with Crippen molar-refractivity contribution < 1.29 is 23.1 Å². The molecule has 0 aliphatic carbocycles. The molecule has 0 radical (unpaired) electrons. The smallest absolute Gasteiger partial charge is 0.332 e. The SMILES string of the molecule is CCOP(=O)(CC)OC(CCO)O[Si](C)(C)C(C)(C)C. The lowest BCUT2D eigenvalue weighted by molar-refractivity contribution is -0.0316. The van der Waals surface area contributed by atoms with Crippen molar-refractivity contribution >= 4 is 15.9 Å². The van der Waals surface area contributed by atoms with Gasteiger partial charge in [-0.1, -0.05) is 27.7 Å². The van der Waals surface area contributed by atoms with Crippen molar-refractivity contribution in [1.29, 1.82) is 0 Å². The highest BCUT2D eigenvalue weighted by Gasteiger charge is 2.40. The van der Waals surface area contributed by atoms with Crippen LogP contribution in [0.2, 0.25) is 18.1 Å². The fraction of sp³-hybridized carbons (Fsp3) is 1.00. The maximum absolute atomic E-state index is 12.4. The number of hydrogen-bond donors (Lipinski definition) is 1. The van der Waals surface area contributed by atoms with E-state index in [1.54, 1.807) is 13.8 Å². The van der Waals surface area contributed by atoms with E-state index in [2.05, 4.69) is 33.9 Å². The van der Waals surface area contributed by atoms with Crippen LogP contribution in [0, 0.1) is 0 Å². The second-order valence-electron chi connectivity index (χ2n) is 6.27. The second-order valence-corrected chi connectivity index (χ2v) is 13.3. The Morgan fingerprint density at radius 1 is 1.25 bits per heavy atom. The second kappa shape index (κ2) is 8.06. The van der Waals surface area contributed by atoms with Gasteiger partial charge in [0.05, 0.1) is 6.61 Å². The molecule has 5 nitrogen and oxygen atoms in total. The van der Waals surface area contributed by atoms with Crippen LogP contribution in [0.3, 0.4) is 0 Å². The Labute approximate surface area is 124 Å². The highest BCUT2D eigenvalue weighted by molar-refractivity contribution is 7.53. The summed E-state index contributed by atoms with van der Waals surface area (Å²) in [4.78, 5) is 0. The molecule has 2 unspecified atom stereocenters. The van der Waals surface area contributed by atoms with Gasteiger partial charge in [-0.3, -0.25) is 9.09 Å². The fourth-order valence-electron chi connectivity index (χ4n) is 1.32. The van der Waals surface area contributed by atoms with E-state index in [0.717, 1.165) is 0 Å². The Bertz CT molecular complexity index is 327. The van der Waals surface area contributed by atoms with Crippen molar-refractivity contribution in [3.63, 3.8) is 0 Å². The van der Waals surface area contributed by atoms with Crippen molar-refractivity contribution in [2.75, 3.05) is 19.4 Å². The van der Waals surface area contributed by atoms with E-state index in [1.165, 1.54) is 0 Å². The van der Waals surface area contributed by atoms with Crippen molar-refractivity contribution in [3.8, 4) is 0 Å². The van der Waals surface area contributed by atoms with Crippen molar-refractivity contribution in [2.24, 2.45) is 0 Å². The average molecular weight is 326 g/mol. The van der Waals surface area contributed by atoms with Gasteiger partial charge in [-0.25, -0.2) is 0 Å². The van der Waals surface area contributed by atoms with Crippen LogP contribution in [0.25, 0.3) is 0 Å². The molecule has 0 spiro atoms. The molecule has 0 aromatic carbocycles. The molecule has 122 valence electrons. The number of aliphatic hydroxyl groups is 1. The summed E-state index contributed by atoms with van der Waals surface area (Å²) in [5.74, 6) is 0. The van der Waals surface area contributed by atoms with Crippen molar-refractivity contribution in [3.05, 3.63) is 0 Å². The Balaban J connectivity index is 4.94.